The summed E-state index contributed by atoms with van der Waals surface area (Å²) in [7, 11) is 0. The standard InChI is InChI=1S/C26H27N5O/c32-26(19-31-18-15-21-7-3-4-8-24(21)31)27-22-11-9-20(10-12-22)23-13-14-25(29-28-23)30-16-5-1-2-6-17-30/h3-4,7-15,18H,1-2,5-6,16-17,19H2,(H,27,32). The first-order valence-corrected chi connectivity index (χ1v) is 11.3. The van der Waals surface area contributed by atoms with Crippen molar-refractivity contribution in [2.24, 2.45) is 0 Å². The molecule has 0 saturated carbocycles. The van der Waals surface area contributed by atoms with E-state index in [9.17, 15) is 4.79 Å². The van der Waals surface area contributed by atoms with E-state index >= 15 is 0 Å². The summed E-state index contributed by atoms with van der Waals surface area (Å²) in [5.41, 5.74) is 3.64. The van der Waals surface area contributed by atoms with Crippen molar-refractivity contribution >= 4 is 28.3 Å². The lowest BCUT2D eigenvalue weighted by atomic mass is 10.1. The molecule has 0 spiro atoms. The van der Waals surface area contributed by atoms with Gasteiger partial charge in [0.15, 0.2) is 5.82 Å². The van der Waals surface area contributed by atoms with Crippen LogP contribution in [-0.2, 0) is 11.3 Å². The third-order valence-corrected chi connectivity index (χ3v) is 6.04. The largest absolute Gasteiger partial charge is 0.355 e. The van der Waals surface area contributed by atoms with Crippen LogP contribution in [0.5, 0.6) is 0 Å². The molecule has 162 valence electrons. The summed E-state index contributed by atoms with van der Waals surface area (Å²) in [4.78, 5) is 14.9. The molecule has 1 saturated heterocycles. The van der Waals surface area contributed by atoms with Gasteiger partial charge in [0.2, 0.25) is 5.91 Å². The number of amides is 1. The number of hydrogen-bond donors (Lipinski definition) is 1. The summed E-state index contributed by atoms with van der Waals surface area (Å²) in [6, 6.07) is 21.9. The van der Waals surface area contributed by atoms with E-state index in [1.165, 1.54) is 25.7 Å². The number of nitrogens with one attached hydrogen (secondary N) is 1. The van der Waals surface area contributed by atoms with Crippen LogP contribution in [0, 0.1) is 0 Å². The fourth-order valence-corrected chi connectivity index (χ4v) is 4.31. The maximum Gasteiger partial charge on any atom is 0.244 e. The van der Waals surface area contributed by atoms with Gasteiger partial charge < -0.3 is 14.8 Å². The molecule has 5 rings (SSSR count). The molecule has 0 aliphatic carbocycles. The van der Waals surface area contributed by atoms with E-state index in [1.54, 1.807) is 0 Å². The van der Waals surface area contributed by atoms with Gasteiger partial charge in [-0.1, -0.05) is 43.2 Å². The molecule has 1 aliphatic heterocycles. The fraction of sp³-hybridized carbons (Fsp3) is 0.269. The molecule has 0 radical (unpaired) electrons. The van der Waals surface area contributed by atoms with Crippen molar-refractivity contribution in [3.05, 3.63) is 72.9 Å². The van der Waals surface area contributed by atoms with Crippen LogP contribution in [0.2, 0.25) is 0 Å². The number of hydrogen-bond acceptors (Lipinski definition) is 4. The summed E-state index contributed by atoms with van der Waals surface area (Å²) in [6.07, 6.45) is 6.98. The topological polar surface area (TPSA) is 63.1 Å². The molecule has 2 aromatic heterocycles. The van der Waals surface area contributed by atoms with E-state index in [2.05, 4.69) is 26.5 Å². The normalized spacial score (nSPS) is 14.3. The van der Waals surface area contributed by atoms with Crippen molar-refractivity contribution < 1.29 is 4.79 Å². The second kappa shape index (κ2) is 9.22. The molecule has 3 heterocycles. The zero-order chi connectivity index (χ0) is 21.8. The first kappa shape index (κ1) is 20.2. The molecule has 1 aliphatic rings. The first-order chi connectivity index (χ1) is 15.8. The van der Waals surface area contributed by atoms with Gasteiger partial charge in [0, 0.05) is 36.1 Å². The minimum Gasteiger partial charge on any atom is -0.355 e. The van der Waals surface area contributed by atoms with Crippen LogP contribution in [0.15, 0.2) is 72.9 Å². The Morgan fingerprint density at radius 2 is 1.62 bits per heavy atom. The zero-order valence-corrected chi connectivity index (χ0v) is 18.1. The van der Waals surface area contributed by atoms with Gasteiger partial charge in [-0.3, -0.25) is 4.79 Å². The number of carbonyl (C=O) groups excluding carboxylic acids is 1. The minimum absolute atomic E-state index is 0.0549. The van der Waals surface area contributed by atoms with Crippen LogP contribution >= 0.6 is 0 Å². The smallest absolute Gasteiger partial charge is 0.244 e. The number of rotatable bonds is 5. The van der Waals surface area contributed by atoms with Gasteiger partial charge in [0.25, 0.3) is 0 Å². The van der Waals surface area contributed by atoms with Gasteiger partial charge in [-0.25, -0.2) is 0 Å². The van der Waals surface area contributed by atoms with Crippen molar-refractivity contribution in [2.45, 2.75) is 32.2 Å². The van der Waals surface area contributed by atoms with Gasteiger partial charge in [-0.05, 0) is 54.6 Å². The van der Waals surface area contributed by atoms with Gasteiger partial charge in [-0.2, -0.15) is 0 Å². The molecule has 1 amide bonds. The Hall–Kier alpha value is -3.67. The van der Waals surface area contributed by atoms with Crippen molar-refractivity contribution in [1.82, 2.24) is 14.8 Å². The lowest BCUT2D eigenvalue weighted by Crippen LogP contribution is -2.25. The Kier molecular flexibility index (Phi) is 5.83. The number of para-hydroxylation sites is 1. The highest BCUT2D eigenvalue weighted by atomic mass is 16.1. The molecular weight excluding hydrogens is 398 g/mol. The van der Waals surface area contributed by atoms with Crippen LogP contribution in [0.25, 0.3) is 22.2 Å². The van der Waals surface area contributed by atoms with Crippen molar-refractivity contribution in [3.63, 3.8) is 0 Å². The second-order valence-corrected chi connectivity index (χ2v) is 8.31. The van der Waals surface area contributed by atoms with Gasteiger partial charge >= 0.3 is 0 Å². The van der Waals surface area contributed by atoms with E-state index in [-0.39, 0.29) is 12.5 Å². The van der Waals surface area contributed by atoms with Gasteiger partial charge in [0.1, 0.15) is 6.54 Å². The fourth-order valence-electron chi connectivity index (χ4n) is 4.31. The molecule has 6 heteroatoms. The predicted octanol–water partition coefficient (Wildman–Crippen LogP) is 5.12. The third kappa shape index (κ3) is 4.49. The number of anilines is 2. The summed E-state index contributed by atoms with van der Waals surface area (Å²) in [6.45, 7) is 2.39. The van der Waals surface area contributed by atoms with Crippen LogP contribution in [0.3, 0.4) is 0 Å². The molecule has 4 aromatic rings. The Balaban J connectivity index is 1.22. The third-order valence-electron chi connectivity index (χ3n) is 6.04. The molecule has 0 atom stereocenters. The summed E-state index contributed by atoms with van der Waals surface area (Å²) in [5.74, 6) is 0.901. The second-order valence-electron chi connectivity index (χ2n) is 8.31. The number of carbonyl (C=O) groups is 1. The number of nitrogens with zero attached hydrogens (tertiary/aromatic N) is 4. The Labute approximate surface area is 187 Å². The van der Waals surface area contributed by atoms with Crippen LogP contribution in [0.4, 0.5) is 11.5 Å². The molecule has 0 unspecified atom stereocenters. The van der Waals surface area contributed by atoms with E-state index in [0.717, 1.165) is 46.8 Å². The summed E-state index contributed by atoms with van der Waals surface area (Å²) >= 11 is 0. The molecule has 1 N–H and O–H groups in total. The predicted molar refractivity (Wildman–Crippen MR) is 129 cm³/mol. The molecule has 6 nitrogen and oxygen atoms in total. The van der Waals surface area contributed by atoms with E-state index in [4.69, 9.17) is 0 Å². The molecule has 32 heavy (non-hydrogen) atoms. The zero-order valence-electron chi connectivity index (χ0n) is 18.1. The highest BCUT2D eigenvalue weighted by Crippen LogP contribution is 2.22. The number of fused-ring (bicyclic) bond motifs is 1. The highest BCUT2D eigenvalue weighted by Gasteiger charge is 2.12. The monoisotopic (exact) mass is 425 g/mol. The number of benzene rings is 2. The Morgan fingerprint density at radius 3 is 2.38 bits per heavy atom. The summed E-state index contributed by atoms with van der Waals surface area (Å²) < 4.78 is 1.96. The van der Waals surface area contributed by atoms with E-state index in [1.807, 2.05) is 71.4 Å². The molecule has 1 fully saturated rings. The van der Waals surface area contributed by atoms with E-state index in [0.29, 0.717) is 0 Å². The maximum atomic E-state index is 12.5. The van der Waals surface area contributed by atoms with Gasteiger partial charge in [-0.15, -0.1) is 10.2 Å². The Bertz CT molecular complexity index is 1190. The molecular formula is C26H27N5O. The lowest BCUT2D eigenvalue weighted by molar-refractivity contribution is -0.116. The molecule has 0 bridgehead atoms. The van der Waals surface area contributed by atoms with Crippen LogP contribution < -0.4 is 10.2 Å². The van der Waals surface area contributed by atoms with Crippen molar-refractivity contribution in [3.8, 4) is 11.3 Å². The molecule has 2 aromatic carbocycles. The SMILES string of the molecule is O=C(Cn1ccc2ccccc21)Nc1ccc(-c2ccc(N3CCCCCC3)nn2)cc1. The van der Waals surface area contributed by atoms with Crippen molar-refractivity contribution in [2.75, 3.05) is 23.3 Å². The van der Waals surface area contributed by atoms with Crippen LogP contribution in [-0.4, -0.2) is 33.8 Å². The van der Waals surface area contributed by atoms with Gasteiger partial charge in [0.05, 0.1) is 5.69 Å². The van der Waals surface area contributed by atoms with Crippen molar-refractivity contribution in [1.29, 1.82) is 0 Å². The summed E-state index contributed by atoms with van der Waals surface area (Å²) in [5, 5.41) is 13.0. The maximum absolute atomic E-state index is 12.5. The lowest BCUT2D eigenvalue weighted by Gasteiger charge is -2.20. The number of aromatic nitrogens is 3. The quantitative estimate of drug-likeness (QED) is 0.482. The highest BCUT2D eigenvalue weighted by molar-refractivity contribution is 5.92. The first-order valence-electron chi connectivity index (χ1n) is 11.3. The van der Waals surface area contributed by atoms with Crippen LogP contribution in [0.1, 0.15) is 25.7 Å². The average molecular weight is 426 g/mol. The van der Waals surface area contributed by atoms with E-state index < -0.39 is 0 Å². The average Bonchev–Trinajstić information content (AvgIpc) is 3.04. The Morgan fingerprint density at radius 1 is 0.844 bits per heavy atom. The minimum atomic E-state index is -0.0549.